The Morgan fingerprint density at radius 3 is 2.95 bits per heavy atom. The van der Waals surface area contributed by atoms with Gasteiger partial charge in [-0.05, 0) is 24.7 Å². The largest absolute Gasteiger partial charge is 0.390 e. The Labute approximate surface area is 129 Å². The Kier molecular flexibility index (Phi) is 4.22. The Hall–Kier alpha value is -2.18. The van der Waals surface area contributed by atoms with E-state index in [-0.39, 0.29) is 5.91 Å². The van der Waals surface area contributed by atoms with Crippen LogP contribution in [0.5, 0.6) is 0 Å². The van der Waals surface area contributed by atoms with Gasteiger partial charge in [0, 0.05) is 43.5 Å². The number of β-amino-alcohol motifs (C(OH)–C–C–N with tert-alkyl or cyclic N) is 1. The second kappa shape index (κ2) is 6.29. The number of aromatic amines is 1. The third-order valence-corrected chi connectivity index (χ3v) is 3.93. The normalized spacial score (nSPS) is 19.9. The van der Waals surface area contributed by atoms with Crippen LogP contribution in [0.1, 0.15) is 10.4 Å². The highest BCUT2D eigenvalue weighted by Gasteiger charge is 2.23. The van der Waals surface area contributed by atoms with E-state index in [0.717, 1.165) is 17.7 Å². The van der Waals surface area contributed by atoms with Gasteiger partial charge in [0.1, 0.15) is 0 Å². The van der Waals surface area contributed by atoms with Crippen molar-refractivity contribution < 1.29 is 9.90 Å². The first-order valence-corrected chi connectivity index (χ1v) is 7.38. The topological polar surface area (TPSA) is 72.5 Å². The lowest BCUT2D eigenvalue weighted by molar-refractivity contribution is 0.0667. The van der Waals surface area contributed by atoms with E-state index in [1.165, 1.54) is 0 Å². The SMILES string of the molecule is CN1CCN(C(=O)c2cccc(-c3cn[nH]c3)c2)C[C@@H](O)C1. The minimum Gasteiger partial charge on any atom is -0.390 e. The fourth-order valence-electron chi connectivity index (χ4n) is 2.75. The minimum absolute atomic E-state index is 0.0419. The highest BCUT2D eigenvalue weighted by atomic mass is 16.3. The van der Waals surface area contributed by atoms with E-state index in [1.54, 1.807) is 17.3 Å². The zero-order valence-electron chi connectivity index (χ0n) is 12.6. The van der Waals surface area contributed by atoms with Crippen LogP contribution in [-0.2, 0) is 0 Å². The van der Waals surface area contributed by atoms with E-state index in [0.29, 0.717) is 25.2 Å². The summed E-state index contributed by atoms with van der Waals surface area (Å²) in [5.74, 6) is -0.0419. The Morgan fingerprint density at radius 2 is 2.18 bits per heavy atom. The fourth-order valence-corrected chi connectivity index (χ4v) is 2.75. The molecule has 0 unspecified atom stereocenters. The number of nitrogens with zero attached hydrogens (tertiary/aromatic N) is 3. The van der Waals surface area contributed by atoms with Gasteiger partial charge in [-0.3, -0.25) is 9.89 Å². The molecule has 1 atom stereocenters. The predicted octanol–water partition coefficient (Wildman–Crippen LogP) is 0.825. The van der Waals surface area contributed by atoms with Gasteiger partial charge in [0.15, 0.2) is 0 Å². The number of amides is 1. The monoisotopic (exact) mass is 300 g/mol. The van der Waals surface area contributed by atoms with Crippen molar-refractivity contribution in [2.45, 2.75) is 6.10 Å². The number of benzene rings is 1. The van der Waals surface area contributed by atoms with Crippen molar-refractivity contribution in [1.82, 2.24) is 20.0 Å². The lowest BCUT2D eigenvalue weighted by Gasteiger charge is -2.22. The number of nitrogens with one attached hydrogen (secondary N) is 1. The van der Waals surface area contributed by atoms with E-state index in [9.17, 15) is 9.90 Å². The number of hydrogen-bond donors (Lipinski definition) is 2. The molecule has 2 aromatic rings. The summed E-state index contributed by atoms with van der Waals surface area (Å²) < 4.78 is 0. The quantitative estimate of drug-likeness (QED) is 0.861. The average Bonchev–Trinajstić information content (AvgIpc) is 2.99. The molecule has 3 rings (SSSR count). The van der Waals surface area contributed by atoms with Crippen molar-refractivity contribution in [2.24, 2.45) is 0 Å². The molecular weight excluding hydrogens is 280 g/mol. The molecular formula is C16H20N4O2. The first-order valence-electron chi connectivity index (χ1n) is 7.38. The van der Waals surface area contributed by atoms with Gasteiger partial charge in [0.25, 0.3) is 5.91 Å². The molecule has 0 spiro atoms. The van der Waals surface area contributed by atoms with Crippen LogP contribution in [0.25, 0.3) is 11.1 Å². The number of likely N-dealkylation sites (N-methyl/N-ethyl adjacent to an activating group) is 1. The molecule has 1 aromatic carbocycles. The van der Waals surface area contributed by atoms with Crippen LogP contribution in [-0.4, -0.2) is 70.3 Å². The van der Waals surface area contributed by atoms with E-state index in [4.69, 9.17) is 0 Å². The van der Waals surface area contributed by atoms with Crippen molar-refractivity contribution in [3.8, 4) is 11.1 Å². The van der Waals surface area contributed by atoms with Crippen LogP contribution >= 0.6 is 0 Å². The predicted molar refractivity (Wildman–Crippen MR) is 83.4 cm³/mol. The first kappa shape index (κ1) is 14.7. The van der Waals surface area contributed by atoms with Gasteiger partial charge in [-0.1, -0.05) is 12.1 Å². The smallest absolute Gasteiger partial charge is 0.254 e. The molecule has 0 saturated carbocycles. The Bertz CT molecular complexity index is 641. The number of rotatable bonds is 2. The summed E-state index contributed by atoms with van der Waals surface area (Å²) in [5, 5.41) is 16.7. The lowest BCUT2D eigenvalue weighted by atomic mass is 10.1. The van der Waals surface area contributed by atoms with Crippen LogP contribution in [0, 0.1) is 0 Å². The fraction of sp³-hybridized carbons (Fsp3) is 0.375. The first-order chi connectivity index (χ1) is 10.6. The van der Waals surface area contributed by atoms with Gasteiger partial charge >= 0.3 is 0 Å². The minimum atomic E-state index is -0.506. The van der Waals surface area contributed by atoms with E-state index < -0.39 is 6.10 Å². The van der Waals surface area contributed by atoms with Gasteiger partial charge in [0.2, 0.25) is 0 Å². The highest BCUT2D eigenvalue weighted by Crippen LogP contribution is 2.20. The highest BCUT2D eigenvalue weighted by molar-refractivity contribution is 5.95. The maximum absolute atomic E-state index is 12.7. The van der Waals surface area contributed by atoms with Crippen molar-refractivity contribution in [1.29, 1.82) is 0 Å². The third-order valence-electron chi connectivity index (χ3n) is 3.93. The van der Waals surface area contributed by atoms with Crippen LogP contribution in [0.2, 0.25) is 0 Å². The molecule has 0 bridgehead atoms. The number of aromatic nitrogens is 2. The summed E-state index contributed by atoms with van der Waals surface area (Å²) in [6, 6.07) is 7.50. The third kappa shape index (κ3) is 3.18. The molecule has 116 valence electrons. The maximum atomic E-state index is 12.7. The van der Waals surface area contributed by atoms with Crippen molar-refractivity contribution in [2.75, 3.05) is 33.2 Å². The standard InChI is InChI=1S/C16H20N4O2/c1-19-5-6-20(11-15(21)10-19)16(22)13-4-2-3-12(7-13)14-8-17-18-9-14/h2-4,7-9,15,21H,5-6,10-11H2,1H3,(H,17,18)/t15-/m0/s1. The second-order valence-electron chi connectivity index (χ2n) is 5.74. The molecule has 1 amide bonds. The van der Waals surface area contributed by atoms with Crippen molar-refractivity contribution in [3.05, 3.63) is 42.2 Å². The van der Waals surface area contributed by atoms with E-state index in [2.05, 4.69) is 10.2 Å². The maximum Gasteiger partial charge on any atom is 0.254 e. The van der Waals surface area contributed by atoms with E-state index in [1.807, 2.05) is 36.2 Å². The molecule has 2 N–H and O–H groups in total. The van der Waals surface area contributed by atoms with Crippen LogP contribution in [0.4, 0.5) is 0 Å². The zero-order chi connectivity index (χ0) is 15.5. The van der Waals surface area contributed by atoms with Gasteiger partial charge in [-0.15, -0.1) is 0 Å². The van der Waals surface area contributed by atoms with Crippen molar-refractivity contribution >= 4 is 5.91 Å². The molecule has 1 fully saturated rings. The Balaban J connectivity index is 1.81. The summed E-state index contributed by atoms with van der Waals surface area (Å²) in [4.78, 5) is 16.5. The molecule has 22 heavy (non-hydrogen) atoms. The second-order valence-corrected chi connectivity index (χ2v) is 5.74. The number of carbonyl (C=O) groups is 1. The summed E-state index contributed by atoms with van der Waals surface area (Å²) in [5.41, 5.74) is 2.54. The van der Waals surface area contributed by atoms with Crippen LogP contribution in [0.15, 0.2) is 36.7 Å². The number of aliphatic hydroxyl groups is 1. The molecule has 1 saturated heterocycles. The van der Waals surface area contributed by atoms with Crippen LogP contribution < -0.4 is 0 Å². The van der Waals surface area contributed by atoms with Gasteiger partial charge in [-0.2, -0.15) is 5.10 Å². The Morgan fingerprint density at radius 1 is 1.32 bits per heavy atom. The number of hydrogen-bond acceptors (Lipinski definition) is 4. The van der Waals surface area contributed by atoms with Gasteiger partial charge < -0.3 is 14.9 Å². The number of aliphatic hydroxyl groups excluding tert-OH is 1. The molecule has 1 aliphatic heterocycles. The van der Waals surface area contributed by atoms with Gasteiger partial charge in [0.05, 0.1) is 12.3 Å². The molecule has 0 aliphatic carbocycles. The molecule has 1 aromatic heterocycles. The zero-order valence-corrected chi connectivity index (χ0v) is 12.6. The molecule has 6 nitrogen and oxygen atoms in total. The van der Waals surface area contributed by atoms with Gasteiger partial charge in [-0.25, -0.2) is 0 Å². The van der Waals surface area contributed by atoms with Crippen LogP contribution in [0.3, 0.4) is 0 Å². The number of carbonyl (C=O) groups excluding carboxylic acids is 1. The molecule has 2 heterocycles. The summed E-state index contributed by atoms with van der Waals surface area (Å²) >= 11 is 0. The summed E-state index contributed by atoms with van der Waals surface area (Å²) in [6.45, 7) is 2.37. The summed E-state index contributed by atoms with van der Waals surface area (Å²) in [7, 11) is 1.96. The van der Waals surface area contributed by atoms with E-state index >= 15 is 0 Å². The molecule has 0 radical (unpaired) electrons. The number of H-pyrrole nitrogens is 1. The molecule has 6 heteroatoms. The summed E-state index contributed by atoms with van der Waals surface area (Å²) in [6.07, 6.45) is 3.02. The molecule has 1 aliphatic rings. The van der Waals surface area contributed by atoms with Crippen molar-refractivity contribution in [3.63, 3.8) is 0 Å². The lowest BCUT2D eigenvalue weighted by Crippen LogP contribution is -2.37. The average molecular weight is 300 g/mol.